The SMILES string of the molecule is CN(CCC1(O)CCCC1)C(=O)c1ccc(-c2cncn2C)cc1. The van der Waals surface area contributed by atoms with Gasteiger partial charge in [-0.25, -0.2) is 4.98 Å². The van der Waals surface area contributed by atoms with Gasteiger partial charge < -0.3 is 14.6 Å². The van der Waals surface area contributed by atoms with E-state index in [0.717, 1.165) is 36.9 Å². The molecular formula is C19H25N3O2. The Morgan fingerprint density at radius 1 is 1.29 bits per heavy atom. The fourth-order valence-electron chi connectivity index (χ4n) is 3.40. The summed E-state index contributed by atoms with van der Waals surface area (Å²) < 4.78 is 1.95. The summed E-state index contributed by atoms with van der Waals surface area (Å²) in [6.45, 7) is 0.582. The molecule has 1 heterocycles. The second-order valence-electron chi connectivity index (χ2n) is 6.88. The van der Waals surface area contributed by atoms with Crippen molar-refractivity contribution in [2.24, 2.45) is 7.05 Å². The minimum absolute atomic E-state index is 0.00634. The Balaban J connectivity index is 1.63. The molecule has 5 nitrogen and oxygen atoms in total. The molecule has 1 aromatic carbocycles. The van der Waals surface area contributed by atoms with E-state index in [0.29, 0.717) is 18.5 Å². The van der Waals surface area contributed by atoms with Crippen LogP contribution < -0.4 is 0 Å². The summed E-state index contributed by atoms with van der Waals surface area (Å²) in [7, 11) is 3.75. The van der Waals surface area contributed by atoms with E-state index < -0.39 is 5.60 Å². The molecule has 3 rings (SSSR count). The maximum Gasteiger partial charge on any atom is 0.253 e. The van der Waals surface area contributed by atoms with Gasteiger partial charge in [-0.05, 0) is 37.0 Å². The highest BCUT2D eigenvalue weighted by Crippen LogP contribution is 2.32. The Bertz CT molecular complexity index is 700. The number of rotatable bonds is 5. The highest BCUT2D eigenvalue weighted by atomic mass is 16.3. The summed E-state index contributed by atoms with van der Waals surface area (Å²) in [5.74, 6) is -0.00634. The maximum atomic E-state index is 12.5. The van der Waals surface area contributed by atoms with Crippen LogP contribution >= 0.6 is 0 Å². The summed E-state index contributed by atoms with van der Waals surface area (Å²) in [5.41, 5.74) is 2.15. The zero-order valence-electron chi connectivity index (χ0n) is 14.4. The van der Waals surface area contributed by atoms with Crippen LogP contribution in [-0.2, 0) is 7.05 Å². The first kappa shape index (κ1) is 16.7. The second kappa shape index (κ2) is 6.77. The predicted molar refractivity (Wildman–Crippen MR) is 93.6 cm³/mol. The number of aryl methyl sites for hydroxylation is 1. The van der Waals surface area contributed by atoms with Gasteiger partial charge in [0.15, 0.2) is 0 Å². The lowest BCUT2D eigenvalue weighted by Crippen LogP contribution is -2.34. The number of aliphatic hydroxyl groups is 1. The molecule has 1 fully saturated rings. The van der Waals surface area contributed by atoms with Gasteiger partial charge in [-0.3, -0.25) is 4.79 Å². The number of imidazole rings is 1. The van der Waals surface area contributed by atoms with Crippen molar-refractivity contribution in [3.05, 3.63) is 42.4 Å². The standard InChI is InChI=1S/C19H25N3O2/c1-21(12-11-19(24)9-3-4-10-19)18(23)16-7-5-15(6-8-16)17-13-20-14-22(17)2/h5-8,13-14,24H,3-4,9-12H2,1-2H3. The Morgan fingerprint density at radius 2 is 1.96 bits per heavy atom. The van der Waals surface area contributed by atoms with E-state index in [4.69, 9.17) is 0 Å². The van der Waals surface area contributed by atoms with Crippen LogP contribution in [0.5, 0.6) is 0 Å². The van der Waals surface area contributed by atoms with Crippen LogP contribution in [0.3, 0.4) is 0 Å². The lowest BCUT2D eigenvalue weighted by Gasteiger charge is -2.26. The number of carbonyl (C=O) groups is 1. The van der Waals surface area contributed by atoms with Gasteiger partial charge in [0.25, 0.3) is 5.91 Å². The molecule has 1 saturated carbocycles. The molecule has 0 radical (unpaired) electrons. The number of nitrogens with zero attached hydrogens (tertiary/aromatic N) is 3. The van der Waals surface area contributed by atoms with Crippen LogP contribution in [0.25, 0.3) is 11.3 Å². The topological polar surface area (TPSA) is 58.4 Å². The molecular weight excluding hydrogens is 302 g/mol. The van der Waals surface area contributed by atoms with Crippen molar-refractivity contribution in [3.8, 4) is 11.3 Å². The average Bonchev–Trinajstić information content (AvgIpc) is 3.21. The van der Waals surface area contributed by atoms with E-state index in [2.05, 4.69) is 4.98 Å². The van der Waals surface area contributed by atoms with Gasteiger partial charge in [0.05, 0.1) is 23.8 Å². The number of hydrogen-bond donors (Lipinski definition) is 1. The number of hydrogen-bond acceptors (Lipinski definition) is 3. The molecule has 0 atom stereocenters. The smallest absolute Gasteiger partial charge is 0.253 e. The average molecular weight is 327 g/mol. The fraction of sp³-hybridized carbons (Fsp3) is 0.474. The van der Waals surface area contributed by atoms with E-state index >= 15 is 0 Å². The third kappa shape index (κ3) is 3.51. The molecule has 2 aromatic rings. The van der Waals surface area contributed by atoms with Gasteiger partial charge in [-0.15, -0.1) is 0 Å². The third-order valence-electron chi connectivity index (χ3n) is 5.04. The zero-order chi connectivity index (χ0) is 17.2. The van der Waals surface area contributed by atoms with Gasteiger partial charge in [0, 0.05) is 26.2 Å². The quantitative estimate of drug-likeness (QED) is 0.918. The summed E-state index contributed by atoms with van der Waals surface area (Å²) in [4.78, 5) is 18.4. The molecule has 1 aliphatic rings. The van der Waals surface area contributed by atoms with E-state index in [1.54, 1.807) is 18.3 Å². The number of benzene rings is 1. The van der Waals surface area contributed by atoms with Crippen LogP contribution in [0.1, 0.15) is 42.5 Å². The molecule has 128 valence electrons. The monoisotopic (exact) mass is 327 g/mol. The first-order valence-electron chi connectivity index (χ1n) is 8.53. The minimum atomic E-state index is -0.571. The Morgan fingerprint density at radius 3 is 2.54 bits per heavy atom. The fourth-order valence-corrected chi connectivity index (χ4v) is 3.40. The summed E-state index contributed by atoms with van der Waals surface area (Å²) in [6.07, 6.45) is 8.11. The minimum Gasteiger partial charge on any atom is -0.390 e. The summed E-state index contributed by atoms with van der Waals surface area (Å²) in [5, 5.41) is 10.4. The lowest BCUT2D eigenvalue weighted by atomic mass is 9.98. The van der Waals surface area contributed by atoms with Crippen LogP contribution in [0.2, 0.25) is 0 Å². The second-order valence-corrected chi connectivity index (χ2v) is 6.88. The molecule has 1 N–H and O–H groups in total. The summed E-state index contributed by atoms with van der Waals surface area (Å²) >= 11 is 0. The zero-order valence-corrected chi connectivity index (χ0v) is 14.4. The Hall–Kier alpha value is -2.14. The normalized spacial score (nSPS) is 16.3. The van der Waals surface area contributed by atoms with Crippen molar-refractivity contribution < 1.29 is 9.90 Å². The van der Waals surface area contributed by atoms with Gasteiger partial charge in [0.1, 0.15) is 0 Å². The van der Waals surface area contributed by atoms with Crippen LogP contribution in [0.4, 0.5) is 0 Å². The molecule has 0 bridgehead atoms. The van der Waals surface area contributed by atoms with Gasteiger partial charge in [-0.2, -0.15) is 0 Å². The van der Waals surface area contributed by atoms with Crippen LogP contribution in [0.15, 0.2) is 36.8 Å². The van der Waals surface area contributed by atoms with Crippen molar-refractivity contribution in [3.63, 3.8) is 0 Å². The largest absolute Gasteiger partial charge is 0.390 e. The third-order valence-corrected chi connectivity index (χ3v) is 5.04. The lowest BCUT2D eigenvalue weighted by molar-refractivity contribution is 0.0296. The van der Waals surface area contributed by atoms with Crippen molar-refractivity contribution >= 4 is 5.91 Å². The molecule has 24 heavy (non-hydrogen) atoms. The molecule has 0 aliphatic heterocycles. The number of amides is 1. The van der Waals surface area contributed by atoms with E-state index in [9.17, 15) is 9.90 Å². The van der Waals surface area contributed by atoms with Gasteiger partial charge in [-0.1, -0.05) is 25.0 Å². The first-order valence-corrected chi connectivity index (χ1v) is 8.53. The first-order chi connectivity index (χ1) is 11.5. The maximum absolute atomic E-state index is 12.5. The van der Waals surface area contributed by atoms with Crippen molar-refractivity contribution in [2.45, 2.75) is 37.7 Å². The molecule has 0 saturated heterocycles. The van der Waals surface area contributed by atoms with Crippen molar-refractivity contribution in [1.82, 2.24) is 14.5 Å². The van der Waals surface area contributed by atoms with E-state index in [-0.39, 0.29) is 5.91 Å². The molecule has 1 aliphatic carbocycles. The number of carbonyl (C=O) groups excluding carboxylic acids is 1. The molecule has 0 unspecified atom stereocenters. The highest BCUT2D eigenvalue weighted by Gasteiger charge is 2.31. The molecule has 5 heteroatoms. The van der Waals surface area contributed by atoms with Gasteiger partial charge in [0.2, 0.25) is 0 Å². The Labute approximate surface area is 142 Å². The van der Waals surface area contributed by atoms with Gasteiger partial charge >= 0.3 is 0 Å². The highest BCUT2D eigenvalue weighted by molar-refractivity contribution is 5.94. The molecule has 1 aromatic heterocycles. The Kier molecular flexibility index (Phi) is 4.71. The van der Waals surface area contributed by atoms with Crippen LogP contribution in [-0.4, -0.2) is 44.7 Å². The van der Waals surface area contributed by atoms with Crippen LogP contribution in [0, 0.1) is 0 Å². The summed E-state index contributed by atoms with van der Waals surface area (Å²) in [6, 6.07) is 7.60. The number of aromatic nitrogens is 2. The molecule has 1 amide bonds. The molecule has 0 spiro atoms. The van der Waals surface area contributed by atoms with Crippen molar-refractivity contribution in [1.29, 1.82) is 0 Å². The predicted octanol–water partition coefficient (Wildman–Crippen LogP) is 2.85. The van der Waals surface area contributed by atoms with E-state index in [1.165, 1.54) is 0 Å². The van der Waals surface area contributed by atoms with E-state index in [1.807, 2.05) is 42.1 Å². The van der Waals surface area contributed by atoms with Crippen molar-refractivity contribution in [2.75, 3.05) is 13.6 Å².